The molecule has 1 unspecified atom stereocenters. The second kappa shape index (κ2) is 7.34. The average Bonchev–Trinajstić information content (AvgIpc) is 2.93. The summed E-state index contributed by atoms with van der Waals surface area (Å²) in [6, 6.07) is 6.21. The molecule has 1 aliphatic heterocycles. The lowest BCUT2D eigenvalue weighted by Crippen LogP contribution is -2.39. The maximum atomic E-state index is 12.2. The average molecular weight is 291 g/mol. The highest BCUT2D eigenvalue weighted by atomic mass is 16.7. The molecule has 1 amide bonds. The Bertz CT molecular complexity index is 487. The van der Waals surface area contributed by atoms with E-state index >= 15 is 0 Å². The number of benzene rings is 1. The molecule has 0 aliphatic carbocycles. The molecule has 0 bridgehead atoms. The van der Waals surface area contributed by atoms with E-state index in [1.807, 2.05) is 30.0 Å². The number of carbonyl (C=O) groups is 1. The SMILES string of the molecule is CCCCC(=O)N(CC)C(C)Cc1ccc2c(c1)OCO2. The zero-order valence-corrected chi connectivity index (χ0v) is 13.2. The van der Waals surface area contributed by atoms with Crippen molar-refractivity contribution in [3.8, 4) is 11.5 Å². The largest absolute Gasteiger partial charge is 0.454 e. The van der Waals surface area contributed by atoms with E-state index in [4.69, 9.17) is 9.47 Å². The first kappa shape index (κ1) is 15.7. The predicted octanol–water partition coefficient (Wildman–Crippen LogP) is 3.39. The maximum absolute atomic E-state index is 12.2. The van der Waals surface area contributed by atoms with Crippen LogP contribution in [-0.4, -0.2) is 30.2 Å². The summed E-state index contributed by atoms with van der Waals surface area (Å²) in [6.07, 6.45) is 3.50. The molecular formula is C17H25NO3. The fourth-order valence-corrected chi connectivity index (χ4v) is 2.72. The van der Waals surface area contributed by atoms with Crippen LogP contribution in [0.5, 0.6) is 11.5 Å². The molecule has 4 heteroatoms. The standard InChI is InChI=1S/C17H25NO3/c1-4-6-7-17(19)18(5-2)13(3)10-14-8-9-15-16(11-14)21-12-20-15/h8-9,11,13H,4-7,10,12H2,1-3H3. The fourth-order valence-electron chi connectivity index (χ4n) is 2.72. The predicted molar refractivity (Wildman–Crippen MR) is 82.6 cm³/mol. The summed E-state index contributed by atoms with van der Waals surface area (Å²) < 4.78 is 10.7. The van der Waals surface area contributed by atoms with E-state index in [9.17, 15) is 4.79 Å². The number of unbranched alkanes of at least 4 members (excludes halogenated alkanes) is 1. The summed E-state index contributed by atoms with van der Waals surface area (Å²) in [5.74, 6) is 1.87. The van der Waals surface area contributed by atoms with Crippen LogP contribution in [0.25, 0.3) is 0 Å². The molecule has 0 saturated carbocycles. The lowest BCUT2D eigenvalue weighted by atomic mass is 10.0. The van der Waals surface area contributed by atoms with Crippen molar-refractivity contribution in [2.24, 2.45) is 0 Å². The van der Waals surface area contributed by atoms with Crippen LogP contribution in [-0.2, 0) is 11.2 Å². The first-order valence-electron chi connectivity index (χ1n) is 7.83. The third-order valence-corrected chi connectivity index (χ3v) is 3.91. The summed E-state index contributed by atoms with van der Waals surface area (Å²) in [7, 11) is 0. The number of fused-ring (bicyclic) bond motifs is 1. The van der Waals surface area contributed by atoms with Gasteiger partial charge in [0.05, 0.1) is 0 Å². The van der Waals surface area contributed by atoms with Gasteiger partial charge in [0.25, 0.3) is 0 Å². The topological polar surface area (TPSA) is 38.8 Å². The monoisotopic (exact) mass is 291 g/mol. The number of likely N-dealkylation sites (N-methyl/N-ethyl adjacent to an activating group) is 1. The quantitative estimate of drug-likeness (QED) is 0.773. The molecule has 0 spiro atoms. The molecule has 0 fully saturated rings. The molecule has 1 aromatic carbocycles. The van der Waals surface area contributed by atoms with Crippen LogP contribution >= 0.6 is 0 Å². The molecule has 1 heterocycles. The van der Waals surface area contributed by atoms with Gasteiger partial charge in [0.2, 0.25) is 12.7 Å². The second-order valence-corrected chi connectivity index (χ2v) is 5.52. The van der Waals surface area contributed by atoms with Crippen LogP contribution in [0.1, 0.15) is 45.6 Å². The summed E-state index contributed by atoms with van der Waals surface area (Å²) >= 11 is 0. The summed E-state index contributed by atoms with van der Waals surface area (Å²) in [6.45, 7) is 7.32. The molecule has 0 radical (unpaired) electrons. The number of nitrogens with zero attached hydrogens (tertiary/aromatic N) is 1. The molecule has 21 heavy (non-hydrogen) atoms. The summed E-state index contributed by atoms with van der Waals surface area (Å²) in [5.41, 5.74) is 1.17. The van der Waals surface area contributed by atoms with Gasteiger partial charge in [0, 0.05) is 19.0 Å². The Morgan fingerprint density at radius 2 is 2.05 bits per heavy atom. The van der Waals surface area contributed by atoms with Crippen LogP contribution in [0, 0.1) is 0 Å². The van der Waals surface area contributed by atoms with Crippen molar-refractivity contribution >= 4 is 5.91 Å². The number of amides is 1. The first-order chi connectivity index (χ1) is 10.2. The molecule has 116 valence electrons. The Labute approximate surface area is 127 Å². The van der Waals surface area contributed by atoms with Crippen LogP contribution in [0.4, 0.5) is 0 Å². The zero-order valence-electron chi connectivity index (χ0n) is 13.2. The van der Waals surface area contributed by atoms with Gasteiger partial charge in [-0.05, 0) is 44.4 Å². The molecule has 1 atom stereocenters. The molecule has 1 aliphatic rings. The minimum atomic E-state index is 0.194. The highest BCUT2D eigenvalue weighted by molar-refractivity contribution is 5.76. The zero-order chi connectivity index (χ0) is 15.2. The third-order valence-electron chi connectivity index (χ3n) is 3.91. The molecule has 0 N–H and O–H groups in total. The smallest absolute Gasteiger partial charge is 0.231 e. The third kappa shape index (κ3) is 3.90. The van der Waals surface area contributed by atoms with E-state index < -0.39 is 0 Å². The Kier molecular flexibility index (Phi) is 5.48. The number of hydrogen-bond acceptors (Lipinski definition) is 3. The molecule has 0 saturated heterocycles. The van der Waals surface area contributed by atoms with Crippen LogP contribution in [0.15, 0.2) is 18.2 Å². The molecule has 4 nitrogen and oxygen atoms in total. The normalized spacial score (nSPS) is 14.0. The number of ether oxygens (including phenoxy) is 2. The van der Waals surface area contributed by atoms with Crippen molar-refractivity contribution in [2.45, 2.75) is 52.5 Å². The van der Waals surface area contributed by atoms with Gasteiger partial charge in [0.1, 0.15) is 0 Å². The van der Waals surface area contributed by atoms with Crippen LogP contribution < -0.4 is 9.47 Å². The first-order valence-corrected chi connectivity index (χ1v) is 7.83. The minimum absolute atomic E-state index is 0.194. The number of carbonyl (C=O) groups excluding carboxylic acids is 1. The van der Waals surface area contributed by atoms with E-state index in [1.165, 1.54) is 5.56 Å². The number of hydrogen-bond donors (Lipinski definition) is 0. The van der Waals surface area contributed by atoms with Gasteiger partial charge in [-0.1, -0.05) is 19.4 Å². The van der Waals surface area contributed by atoms with Gasteiger partial charge in [-0.2, -0.15) is 0 Å². The van der Waals surface area contributed by atoms with Crippen molar-refractivity contribution in [2.75, 3.05) is 13.3 Å². The van der Waals surface area contributed by atoms with Gasteiger partial charge in [-0.15, -0.1) is 0 Å². The lowest BCUT2D eigenvalue weighted by molar-refractivity contribution is -0.133. The van der Waals surface area contributed by atoms with E-state index in [0.29, 0.717) is 13.2 Å². The van der Waals surface area contributed by atoms with E-state index in [0.717, 1.165) is 37.3 Å². The Morgan fingerprint density at radius 1 is 1.29 bits per heavy atom. The van der Waals surface area contributed by atoms with Crippen molar-refractivity contribution in [1.29, 1.82) is 0 Å². The minimum Gasteiger partial charge on any atom is -0.454 e. The van der Waals surface area contributed by atoms with E-state index in [2.05, 4.69) is 13.8 Å². The fraction of sp³-hybridized carbons (Fsp3) is 0.588. The van der Waals surface area contributed by atoms with Gasteiger partial charge in [0.15, 0.2) is 11.5 Å². The lowest BCUT2D eigenvalue weighted by Gasteiger charge is -2.28. The highest BCUT2D eigenvalue weighted by Crippen LogP contribution is 2.33. The summed E-state index contributed by atoms with van der Waals surface area (Å²) in [5, 5.41) is 0. The second-order valence-electron chi connectivity index (χ2n) is 5.52. The van der Waals surface area contributed by atoms with Gasteiger partial charge < -0.3 is 14.4 Å². The maximum Gasteiger partial charge on any atom is 0.231 e. The molecular weight excluding hydrogens is 266 g/mol. The Balaban J connectivity index is 1.98. The van der Waals surface area contributed by atoms with Crippen molar-refractivity contribution < 1.29 is 14.3 Å². The van der Waals surface area contributed by atoms with E-state index in [-0.39, 0.29) is 11.9 Å². The van der Waals surface area contributed by atoms with Crippen molar-refractivity contribution in [3.63, 3.8) is 0 Å². The Morgan fingerprint density at radius 3 is 2.76 bits per heavy atom. The van der Waals surface area contributed by atoms with Crippen LogP contribution in [0.3, 0.4) is 0 Å². The Hall–Kier alpha value is -1.71. The highest BCUT2D eigenvalue weighted by Gasteiger charge is 2.20. The van der Waals surface area contributed by atoms with Crippen molar-refractivity contribution in [3.05, 3.63) is 23.8 Å². The number of rotatable bonds is 7. The van der Waals surface area contributed by atoms with Gasteiger partial charge in [-0.3, -0.25) is 4.79 Å². The molecule has 0 aromatic heterocycles. The van der Waals surface area contributed by atoms with Crippen molar-refractivity contribution in [1.82, 2.24) is 4.90 Å². The molecule has 1 aromatic rings. The van der Waals surface area contributed by atoms with Gasteiger partial charge in [-0.25, -0.2) is 0 Å². The van der Waals surface area contributed by atoms with Crippen LogP contribution in [0.2, 0.25) is 0 Å². The van der Waals surface area contributed by atoms with E-state index in [1.54, 1.807) is 0 Å². The molecule has 2 rings (SSSR count). The summed E-state index contributed by atoms with van der Waals surface area (Å²) in [4.78, 5) is 14.2. The van der Waals surface area contributed by atoms with Gasteiger partial charge >= 0.3 is 0 Å².